The van der Waals surface area contributed by atoms with Crippen molar-refractivity contribution in [1.82, 2.24) is 10.2 Å². The smallest absolute Gasteiger partial charge is 0.358 e. The number of aromatic nitrogens is 2. The van der Waals surface area contributed by atoms with E-state index in [0.717, 1.165) is 12.3 Å². The predicted molar refractivity (Wildman–Crippen MR) is 68.0 cm³/mol. The topological polar surface area (TPSA) is 64.1 Å². The number of hydrogen-bond donors (Lipinski definition) is 1. The van der Waals surface area contributed by atoms with E-state index in [1.807, 2.05) is 0 Å². The van der Waals surface area contributed by atoms with Gasteiger partial charge in [-0.15, -0.1) is 28.4 Å². The van der Waals surface area contributed by atoms with Crippen LogP contribution in [0.1, 0.15) is 10.5 Å². The quantitative estimate of drug-likeness (QED) is 0.463. The maximum Gasteiger partial charge on any atom is 0.358 e. The van der Waals surface area contributed by atoms with Crippen LogP contribution in [-0.2, 0) is 4.74 Å². The molecule has 0 aliphatic heterocycles. The number of esters is 1. The van der Waals surface area contributed by atoms with Crippen molar-refractivity contribution in [3.8, 4) is 12.3 Å². The second kappa shape index (κ2) is 7.52. The zero-order valence-electron chi connectivity index (χ0n) is 9.47. The van der Waals surface area contributed by atoms with Crippen molar-refractivity contribution < 1.29 is 9.53 Å². The third kappa shape index (κ3) is 4.74. The molecule has 1 rings (SSSR count). The fourth-order valence-electron chi connectivity index (χ4n) is 1.02. The van der Waals surface area contributed by atoms with E-state index in [1.165, 1.54) is 7.11 Å². The Bertz CT molecular complexity index is 400. The summed E-state index contributed by atoms with van der Waals surface area (Å²) in [5, 5.41) is 10.7. The zero-order valence-corrected chi connectivity index (χ0v) is 10.3. The maximum atomic E-state index is 11.1. The van der Waals surface area contributed by atoms with Gasteiger partial charge in [0, 0.05) is 12.3 Å². The van der Waals surface area contributed by atoms with Gasteiger partial charge in [-0.3, -0.25) is 0 Å². The first kappa shape index (κ1) is 13.3. The van der Waals surface area contributed by atoms with Crippen molar-refractivity contribution in [3.05, 3.63) is 17.8 Å². The number of anilines is 1. The molecule has 0 aliphatic carbocycles. The molecule has 1 N–H and O–H groups in total. The Labute approximate surface area is 104 Å². The SMILES string of the molecule is C#CCSCCNc1ccc(C(=O)OC)nn1. The number of ether oxygens (including phenoxy) is 1. The van der Waals surface area contributed by atoms with E-state index in [1.54, 1.807) is 23.9 Å². The Balaban J connectivity index is 2.36. The van der Waals surface area contributed by atoms with Crippen LogP contribution in [-0.4, -0.2) is 41.3 Å². The minimum Gasteiger partial charge on any atom is -0.464 e. The molecule has 0 saturated heterocycles. The van der Waals surface area contributed by atoms with Gasteiger partial charge in [0.25, 0.3) is 0 Å². The first-order valence-electron chi connectivity index (χ1n) is 4.95. The minimum absolute atomic E-state index is 0.194. The van der Waals surface area contributed by atoms with Crippen molar-refractivity contribution in [1.29, 1.82) is 0 Å². The molecule has 5 nitrogen and oxygen atoms in total. The molecule has 1 heterocycles. The molecule has 0 bridgehead atoms. The molecule has 0 spiro atoms. The minimum atomic E-state index is -0.492. The van der Waals surface area contributed by atoms with Gasteiger partial charge in [-0.2, -0.15) is 0 Å². The maximum absolute atomic E-state index is 11.1. The molecule has 0 aromatic carbocycles. The highest BCUT2D eigenvalue weighted by Crippen LogP contribution is 2.04. The number of nitrogens with one attached hydrogen (secondary N) is 1. The van der Waals surface area contributed by atoms with E-state index in [2.05, 4.69) is 26.2 Å². The molecule has 6 heteroatoms. The highest BCUT2D eigenvalue weighted by Gasteiger charge is 2.06. The van der Waals surface area contributed by atoms with Gasteiger partial charge in [0.1, 0.15) is 5.82 Å². The van der Waals surface area contributed by atoms with Crippen LogP contribution in [0.2, 0.25) is 0 Å². The summed E-state index contributed by atoms with van der Waals surface area (Å²) in [6.45, 7) is 0.749. The van der Waals surface area contributed by atoms with Gasteiger partial charge >= 0.3 is 5.97 Å². The molecule has 90 valence electrons. The number of hydrogen-bond acceptors (Lipinski definition) is 6. The highest BCUT2D eigenvalue weighted by atomic mass is 32.2. The first-order chi connectivity index (χ1) is 8.27. The fourth-order valence-corrected chi connectivity index (χ4v) is 1.53. The highest BCUT2D eigenvalue weighted by molar-refractivity contribution is 7.99. The van der Waals surface area contributed by atoms with E-state index in [0.29, 0.717) is 11.6 Å². The number of carbonyl (C=O) groups excluding carboxylic acids is 1. The van der Waals surface area contributed by atoms with E-state index < -0.39 is 5.97 Å². The average Bonchev–Trinajstić information content (AvgIpc) is 2.38. The molecule has 0 amide bonds. The summed E-state index contributed by atoms with van der Waals surface area (Å²) in [7, 11) is 1.30. The summed E-state index contributed by atoms with van der Waals surface area (Å²) >= 11 is 1.66. The molecular weight excluding hydrogens is 238 g/mol. The van der Waals surface area contributed by atoms with Crippen LogP contribution in [0.25, 0.3) is 0 Å². The molecule has 0 unspecified atom stereocenters. The summed E-state index contributed by atoms with van der Waals surface area (Å²) in [6, 6.07) is 3.25. The molecule has 0 saturated carbocycles. The Morgan fingerprint density at radius 1 is 1.59 bits per heavy atom. The van der Waals surface area contributed by atoms with Gasteiger partial charge in [-0.25, -0.2) is 4.79 Å². The largest absolute Gasteiger partial charge is 0.464 e. The van der Waals surface area contributed by atoms with E-state index in [9.17, 15) is 4.79 Å². The molecule has 0 aliphatic rings. The van der Waals surface area contributed by atoms with Gasteiger partial charge in [-0.05, 0) is 12.1 Å². The summed E-state index contributed by atoms with van der Waals surface area (Å²) in [4.78, 5) is 11.1. The van der Waals surface area contributed by atoms with Crippen LogP contribution in [0.15, 0.2) is 12.1 Å². The Hall–Kier alpha value is -1.74. The molecule has 1 aromatic heterocycles. The molecule has 0 radical (unpaired) electrons. The first-order valence-corrected chi connectivity index (χ1v) is 6.10. The van der Waals surface area contributed by atoms with Crippen LogP contribution >= 0.6 is 11.8 Å². The van der Waals surface area contributed by atoms with E-state index in [-0.39, 0.29) is 5.69 Å². The van der Waals surface area contributed by atoms with Crippen molar-refractivity contribution in [3.63, 3.8) is 0 Å². The van der Waals surface area contributed by atoms with Crippen LogP contribution in [0.4, 0.5) is 5.82 Å². The normalized spacial score (nSPS) is 9.41. The van der Waals surface area contributed by atoms with Gasteiger partial charge in [0.2, 0.25) is 0 Å². The predicted octanol–water partition coefficient (Wildman–Crippen LogP) is 1.04. The van der Waals surface area contributed by atoms with Crippen molar-refractivity contribution in [2.75, 3.05) is 30.5 Å². The molecule has 17 heavy (non-hydrogen) atoms. The third-order valence-electron chi connectivity index (χ3n) is 1.80. The second-order valence-electron chi connectivity index (χ2n) is 2.98. The summed E-state index contributed by atoms with van der Waals surface area (Å²) in [5.74, 6) is 4.28. The van der Waals surface area contributed by atoms with Crippen LogP contribution in [0, 0.1) is 12.3 Å². The average molecular weight is 251 g/mol. The van der Waals surface area contributed by atoms with Crippen molar-refractivity contribution in [2.45, 2.75) is 0 Å². The van der Waals surface area contributed by atoms with Crippen LogP contribution < -0.4 is 5.32 Å². The Kier molecular flexibility index (Phi) is 5.89. The number of rotatable bonds is 6. The molecular formula is C11H13N3O2S. The number of methoxy groups -OCH3 is 1. The lowest BCUT2D eigenvalue weighted by atomic mass is 10.4. The number of carbonyl (C=O) groups is 1. The lowest BCUT2D eigenvalue weighted by molar-refractivity contribution is 0.0593. The summed E-state index contributed by atoms with van der Waals surface area (Å²) < 4.78 is 4.52. The summed E-state index contributed by atoms with van der Waals surface area (Å²) in [5.41, 5.74) is 0.194. The molecule has 0 fully saturated rings. The van der Waals surface area contributed by atoms with Crippen LogP contribution in [0.5, 0.6) is 0 Å². The third-order valence-corrected chi connectivity index (χ3v) is 2.66. The lowest BCUT2D eigenvalue weighted by Gasteiger charge is -2.04. The zero-order chi connectivity index (χ0) is 12.5. The Morgan fingerprint density at radius 2 is 2.41 bits per heavy atom. The number of nitrogens with zero attached hydrogens (tertiary/aromatic N) is 2. The molecule has 0 atom stereocenters. The van der Waals surface area contributed by atoms with Crippen LogP contribution in [0.3, 0.4) is 0 Å². The van der Waals surface area contributed by atoms with Crippen molar-refractivity contribution in [2.24, 2.45) is 0 Å². The van der Waals surface area contributed by atoms with Gasteiger partial charge < -0.3 is 10.1 Å². The number of terminal acetylenes is 1. The Morgan fingerprint density at radius 3 is 3.00 bits per heavy atom. The monoisotopic (exact) mass is 251 g/mol. The van der Waals surface area contributed by atoms with Gasteiger partial charge in [0.05, 0.1) is 12.9 Å². The lowest BCUT2D eigenvalue weighted by Crippen LogP contribution is -2.09. The standard InChI is InChI=1S/C11H13N3O2S/c1-3-7-17-8-6-12-10-5-4-9(13-14-10)11(15)16-2/h1,4-5H,6-8H2,2H3,(H,12,14). The van der Waals surface area contributed by atoms with Crippen molar-refractivity contribution >= 4 is 23.5 Å². The summed E-state index contributed by atoms with van der Waals surface area (Å²) in [6.07, 6.45) is 5.12. The van der Waals surface area contributed by atoms with E-state index in [4.69, 9.17) is 6.42 Å². The fraction of sp³-hybridized carbons (Fsp3) is 0.364. The molecule has 1 aromatic rings. The van der Waals surface area contributed by atoms with E-state index >= 15 is 0 Å². The second-order valence-corrected chi connectivity index (χ2v) is 4.08. The van der Waals surface area contributed by atoms with Gasteiger partial charge in [0.15, 0.2) is 5.69 Å². The van der Waals surface area contributed by atoms with Gasteiger partial charge in [-0.1, -0.05) is 5.92 Å². The number of thioether (sulfide) groups is 1.